The third kappa shape index (κ3) is 4.14. The van der Waals surface area contributed by atoms with E-state index in [4.69, 9.17) is 13.9 Å². The molecule has 5 nitrogen and oxygen atoms in total. The minimum absolute atomic E-state index is 0.563. The van der Waals surface area contributed by atoms with Crippen molar-refractivity contribution in [2.75, 3.05) is 14.2 Å². The Balaban J connectivity index is 1.52. The van der Waals surface area contributed by atoms with Gasteiger partial charge in [0.25, 0.3) is 0 Å². The minimum atomic E-state index is 0.563. The highest BCUT2D eigenvalue weighted by Crippen LogP contribution is 2.33. The minimum Gasteiger partial charge on any atom is -0.497 e. The Morgan fingerprint density at radius 1 is 1.04 bits per heavy atom. The van der Waals surface area contributed by atoms with Gasteiger partial charge in [-0.25, -0.2) is 4.98 Å². The van der Waals surface area contributed by atoms with Crippen LogP contribution < -0.4 is 9.47 Å². The van der Waals surface area contributed by atoms with Gasteiger partial charge in [-0.3, -0.25) is 4.90 Å². The van der Waals surface area contributed by atoms with Crippen molar-refractivity contribution in [1.82, 2.24) is 9.88 Å². The maximum atomic E-state index is 6.01. The Morgan fingerprint density at radius 2 is 1.85 bits per heavy atom. The lowest BCUT2D eigenvalue weighted by Crippen LogP contribution is -2.25. The summed E-state index contributed by atoms with van der Waals surface area (Å²) in [5.41, 5.74) is 2.15. The van der Waals surface area contributed by atoms with Crippen molar-refractivity contribution < 1.29 is 13.9 Å². The molecule has 1 aromatic heterocycles. The standard InChI is InChI=1S/C22H24N2O3/c1-25-19-10-11-20(26-2)17(12-19)14-24(18-8-9-18)15-22-23-13-21(27-22)16-6-4-3-5-7-16/h3-7,10-13,18H,8-9,14-15H2,1-2H3. The largest absolute Gasteiger partial charge is 0.497 e. The van der Waals surface area contributed by atoms with Crippen LogP contribution in [-0.2, 0) is 13.1 Å². The topological polar surface area (TPSA) is 47.7 Å². The van der Waals surface area contributed by atoms with Crippen LogP contribution in [0.25, 0.3) is 11.3 Å². The highest BCUT2D eigenvalue weighted by molar-refractivity contribution is 5.55. The molecule has 4 rings (SSSR count). The van der Waals surface area contributed by atoms with Gasteiger partial charge >= 0.3 is 0 Å². The quantitative estimate of drug-likeness (QED) is 0.588. The van der Waals surface area contributed by atoms with Gasteiger partial charge in [0, 0.05) is 23.7 Å². The summed E-state index contributed by atoms with van der Waals surface area (Å²) < 4.78 is 16.9. The lowest BCUT2D eigenvalue weighted by molar-refractivity contribution is 0.218. The molecule has 3 aromatic rings. The number of ether oxygens (including phenoxy) is 2. The van der Waals surface area contributed by atoms with Crippen LogP contribution in [0.2, 0.25) is 0 Å². The van der Waals surface area contributed by atoms with Crippen LogP contribution in [0.5, 0.6) is 11.5 Å². The van der Waals surface area contributed by atoms with Gasteiger partial charge in [0.15, 0.2) is 5.76 Å². The Kier molecular flexibility index (Phi) is 5.12. The van der Waals surface area contributed by atoms with E-state index in [1.54, 1.807) is 14.2 Å². The summed E-state index contributed by atoms with van der Waals surface area (Å²) >= 11 is 0. The predicted octanol–water partition coefficient (Wildman–Crippen LogP) is 4.52. The van der Waals surface area contributed by atoms with Crippen molar-refractivity contribution in [1.29, 1.82) is 0 Å². The molecule has 1 aliphatic rings. The van der Waals surface area contributed by atoms with Gasteiger partial charge in [-0.05, 0) is 31.0 Å². The summed E-state index contributed by atoms with van der Waals surface area (Å²) in [6.45, 7) is 1.45. The van der Waals surface area contributed by atoms with E-state index in [9.17, 15) is 0 Å². The van der Waals surface area contributed by atoms with Crippen molar-refractivity contribution in [3.05, 3.63) is 66.2 Å². The summed E-state index contributed by atoms with van der Waals surface area (Å²) in [5.74, 6) is 3.26. The number of hydrogen-bond acceptors (Lipinski definition) is 5. The van der Waals surface area contributed by atoms with Gasteiger partial charge in [-0.1, -0.05) is 30.3 Å². The number of aromatic nitrogens is 1. The first-order valence-electron chi connectivity index (χ1n) is 9.22. The molecule has 27 heavy (non-hydrogen) atoms. The molecule has 0 saturated heterocycles. The van der Waals surface area contributed by atoms with E-state index in [1.165, 1.54) is 12.8 Å². The van der Waals surface area contributed by atoms with E-state index in [-0.39, 0.29) is 0 Å². The second kappa shape index (κ2) is 7.84. The van der Waals surface area contributed by atoms with Crippen LogP contribution in [0.4, 0.5) is 0 Å². The average molecular weight is 364 g/mol. The highest BCUT2D eigenvalue weighted by Gasteiger charge is 2.30. The zero-order chi connectivity index (χ0) is 18.6. The lowest BCUT2D eigenvalue weighted by Gasteiger charge is -2.22. The molecule has 0 spiro atoms. The van der Waals surface area contributed by atoms with E-state index in [1.807, 2.05) is 54.7 Å². The van der Waals surface area contributed by atoms with E-state index >= 15 is 0 Å². The SMILES string of the molecule is COc1ccc(OC)c(CN(Cc2ncc(-c3ccccc3)o2)C2CC2)c1. The van der Waals surface area contributed by atoms with Crippen LogP contribution in [0.1, 0.15) is 24.3 Å². The summed E-state index contributed by atoms with van der Waals surface area (Å²) in [6.07, 6.45) is 4.22. The molecule has 5 heteroatoms. The molecule has 0 bridgehead atoms. The smallest absolute Gasteiger partial charge is 0.209 e. The van der Waals surface area contributed by atoms with E-state index in [0.29, 0.717) is 12.6 Å². The van der Waals surface area contributed by atoms with Crippen LogP contribution in [0, 0.1) is 0 Å². The lowest BCUT2D eigenvalue weighted by atomic mass is 10.1. The molecule has 140 valence electrons. The molecule has 2 aromatic carbocycles. The number of benzene rings is 2. The van der Waals surface area contributed by atoms with Crippen molar-refractivity contribution in [3.63, 3.8) is 0 Å². The van der Waals surface area contributed by atoms with Crippen LogP contribution in [0.15, 0.2) is 59.1 Å². The number of rotatable bonds is 8. The van der Waals surface area contributed by atoms with E-state index < -0.39 is 0 Å². The van der Waals surface area contributed by atoms with Gasteiger partial charge in [0.1, 0.15) is 11.5 Å². The Morgan fingerprint density at radius 3 is 2.56 bits per heavy atom. The monoisotopic (exact) mass is 364 g/mol. The fourth-order valence-electron chi connectivity index (χ4n) is 3.27. The zero-order valence-corrected chi connectivity index (χ0v) is 15.7. The molecule has 0 N–H and O–H groups in total. The predicted molar refractivity (Wildman–Crippen MR) is 104 cm³/mol. The molecule has 0 amide bonds. The molecule has 1 fully saturated rings. The average Bonchev–Trinajstić information content (AvgIpc) is 3.47. The van der Waals surface area contributed by atoms with Crippen molar-refractivity contribution in [3.8, 4) is 22.8 Å². The molecule has 1 saturated carbocycles. The normalized spacial score (nSPS) is 13.7. The van der Waals surface area contributed by atoms with Gasteiger partial charge in [0.05, 0.1) is 27.0 Å². The summed E-state index contributed by atoms with van der Waals surface area (Å²) in [5, 5.41) is 0. The maximum absolute atomic E-state index is 6.01. The fraction of sp³-hybridized carbons (Fsp3) is 0.318. The van der Waals surface area contributed by atoms with Gasteiger partial charge < -0.3 is 13.9 Å². The molecule has 1 heterocycles. The highest BCUT2D eigenvalue weighted by atomic mass is 16.5. The first-order chi connectivity index (χ1) is 13.3. The molecule has 0 atom stereocenters. The van der Waals surface area contributed by atoms with Gasteiger partial charge in [-0.15, -0.1) is 0 Å². The number of oxazole rings is 1. The van der Waals surface area contributed by atoms with Crippen molar-refractivity contribution in [2.45, 2.75) is 32.0 Å². The number of hydrogen-bond donors (Lipinski definition) is 0. The van der Waals surface area contributed by atoms with Crippen molar-refractivity contribution in [2.24, 2.45) is 0 Å². The van der Waals surface area contributed by atoms with E-state index in [2.05, 4.69) is 9.88 Å². The summed E-state index contributed by atoms with van der Waals surface area (Å²) in [4.78, 5) is 6.90. The Hall–Kier alpha value is -2.79. The second-order valence-corrected chi connectivity index (χ2v) is 6.80. The fourth-order valence-corrected chi connectivity index (χ4v) is 3.27. The summed E-state index contributed by atoms with van der Waals surface area (Å²) in [6, 6.07) is 16.5. The first-order valence-corrected chi connectivity index (χ1v) is 9.22. The van der Waals surface area contributed by atoms with Crippen LogP contribution >= 0.6 is 0 Å². The molecule has 0 radical (unpaired) electrons. The van der Waals surface area contributed by atoms with Gasteiger partial charge in [-0.2, -0.15) is 0 Å². The third-order valence-corrected chi connectivity index (χ3v) is 4.87. The molecular formula is C22H24N2O3. The zero-order valence-electron chi connectivity index (χ0n) is 15.7. The Bertz CT molecular complexity index is 888. The second-order valence-electron chi connectivity index (χ2n) is 6.80. The maximum Gasteiger partial charge on any atom is 0.209 e. The van der Waals surface area contributed by atoms with Crippen molar-refractivity contribution >= 4 is 0 Å². The van der Waals surface area contributed by atoms with Crippen LogP contribution in [0.3, 0.4) is 0 Å². The van der Waals surface area contributed by atoms with Gasteiger partial charge in [0.2, 0.25) is 5.89 Å². The first kappa shape index (κ1) is 17.6. The van der Waals surface area contributed by atoms with E-state index in [0.717, 1.165) is 40.8 Å². The number of nitrogens with zero attached hydrogens (tertiary/aromatic N) is 2. The Labute approximate surface area is 159 Å². The molecule has 1 aliphatic carbocycles. The summed E-state index contributed by atoms with van der Waals surface area (Å²) in [7, 11) is 3.38. The molecule has 0 unspecified atom stereocenters. The number of methoxy groups -OCH3 is 2. The molecular weight excluding hydrogens is 340 g/mol. The molecule has 0 aliphatic heterocycles. The third-order valence-electron chi connectivity index (χ3n) is 4.87. The van der Waals surface area contributed by atoms with Crippen LogP contribution in [-0.4, -0.2) is 30.1 Å².